The van der Waals surface area contributed by atoms with Crippen LogP contribution in [0.25, 0.3) is 0 Å². The van der Waals surface area contributed by atoms with Crippen LogP contribution in [0.15, 0.2) is 24.3 Å². The van der Waals surface area contributed by atoms with Crippen LogP contribution in [0, 0.1) is 5.82 Å². The Kier molecular flexibility index (Phi) is 5.59. The lowest BCUT2D eigenvalue weighted by Gasteiger charge is -2.22. The van der Waals surface area contributed by atoms with E-state index in [9.17, 15) is 4.39 Å². The van der Waals surface area contributed by atoms with Gasteiger partial charge in [0.05, 0.1) is 0 Å². The van der Waals surface area contributed by atoms with Gasteiger partial charge < -0.3 is 10.2 Å². The molecule has 96 valence electrons. The Morgan fingerprint density at radius 2 is 1.88 bits per heavy atom. The van der Waals surface area contributed by atoms with Gasteiger partial charge in [-0.05, 0) is 33.9 Å². The van der Waals surface area contributed by atoms with Crippen molar-refractivity contribution in [2.24, 2.45) is 0 Å². The highest BCUT2D eigenvalue weighted by Crippen LogP contribution is 2.15. The van der Waals surface area contributed by atoms with Crippen LogP contribution < -0.4 is 5.32 Å². The highest BCUT2D eigenvalue weighted by molar-refractivity contribution is 5.20. The summed E-state index contributed by atoms with van der Waals surface area (Å²) in [6, 6.07) is 7.53. The maximum atomic E-state index is 13.5. The second-order valence-corrected chi connectivity index (χ2v) is 4.77. The lowest BCUT2D eigenvalue weighted by molar-refractivity contribution is 0.269. The first-order chi connectivity index (χ1) is 8.02. The SMILES string of the molecule is CC(NCCN(C)C(C)C)c1ccccc1F. The van der Waals surface area contributed by atoms with Crippen molar-refractivity contribution >= 4 is 0 Å². The van der Waals surface area contributed by atoms with Crippen LogP contribution in [0.3, 0.4) is 0 Å². The van der Waals surface area contributed by atoms with E-state index in [0.717, 1.165) is 18.7 Å². The summed E-state index contributed by atoms with van der Waals surface area (Å²) >= 11 is 0. The third-order valence-corrected chi connectivity index (χ3v) is 3.17. The van der Waals surface area contributed by atoms with Crippen molar-refractivity contribution in [3.63, 3.8) is 0 Å². The van der Waals surface area contributed by atoms with Crippen molar-refractivity contribution in [1.29, 1.82) is 0 Å². The van der Waals surface area contributed by atoms with E-state index in [1.54, 1.807) is 6.07 Å². The van der Waals surface area contributed by atoms with Gasteiger partial charge in [0.25, 0.3) is 0 Å². The molecule has 0 spiro atoms. The number of hydrogen-bond donors (Lipinski definition) is 1. The van der Waals surface area contributed by atoms with E-state index < -0.39 is 0 Å². The van der Waals surface area contributed by atoms with Crippen molar-refractivity contribution in [3.05, 3.63) is 35.6 Å². The van der Waals surface area contributed by atoms with Gasteiger partial charge in [-0.15, -0.1) is 0 Å². The predicted molar refractivity (Wildman–Crippen MR) is 70.6 cm³/mol. The lowest BCUT2D eigenvalue weighted by Crippen LogP contribution is -2.34. The first-order valence-electron chi connectivity index (χ1n) is 6.20. The van der Waals surface area contributed by atoms with E-state index in [2.05, 4.69) is 31.1 Å². The van der Waals surface area contributed by atoms with Crippen LogP contribution in [-0.2, 0) is 0 Å². The summed E-state index contributed by atoms with van der Waals surface area (Å²) in [6.07, 6.45) is 0. The van der Waals surface area contributed by atoms with E-state index in [0.29, 0.717) is 6.04 Å². The topological polar surface area (TPSA) is 15.3 Å². The number of nitrogens with one attached hydrogen (secondary N) is 1. The highest BCUT2D eigenvalue weighted by atomic mass is 19.1. The van der Waals surface area contributed by atoms with Gasteiger partial charge in [-0.2, -0.15) is 0 Å². The van der Waals surface area contributed by atoms with Gasteiger partial charge in [0.2, 0.25) is 0 Å². The molecular weight excluding hydrogens is 215 g/mol. The summed E-state index contributed by atoms with van der Waals surface area (Å²) < 4.78 is 13.5. The van der Waals surface area contributed by atoms with Gasteiger partial charge in [-0.25, -0.2) is 4.39 Å². The summed E-state index contributed by atoms with van der Waals surface area (Å²) in [5.41, 5.74) is 0.736. The molecule has 0 aliphatic carbocycles. The van der Waals surface area contributed by atoms with Crippen LogP contribution >= 0.6 is 0 Å². The minimum Gasteiger partial charge on any atom is -0.309 e. The molecule has 2 nitrogen and oxygen atoms in total. The van der Waals surface area contributed by atoms with Crippen molar-refractivity contribution in [1.82, 2.24) is 10.2 Å². The first kappa shape index (κ1) is 14.1. The summed E-state index contributed by atoms with van der Waals surface area (Å²) in [7, 11) is 2.10. The largest absolute Gasteiger partial charge is 0.309 e. The average Bonchev–Trinajstić information content (AvgIpc) is 2.29. The summed E-state index contributed by atoms with van der Waals surface area (Å²) in [5.74, 6) is -0.135. The van der Waals surface area contributed by atoms with E-state index in [4.69, 9.17) is 0 Å². The number of halogens is 1. The normalized spacial score (nSPS) is 13.4. The third kappa shape index (κ3) is 4.44. The van der Waals surface area contributed by atoms with Crippen molar-refractivity contribution in [2.75, 3.05) is 20.1 Å². The molecule has 1 aromatic carbocycles. The molecule has 17 heavy (non-hydrogen) atoms. The zero-order chi connectivity index (χ0) is 12.8. The third-order valence-electron chi connectivity index (χ3n) is 3.17. The monoisotopic (exact) mass is 238 g/mol. The zero-order valence-corrected chi connectivity index (χ0v) is 11.2. The second kappa shape index (κ2) is 6.72. The molecule has 1 unspecified atom stereocenters. The fourth-order valence-corrected chi connectivity index (χ4v) is 1.65. The molecular formula is C14H23FN2. The van der Waals surface area contributed by atoms with E-state index in [-0.39, 0.29) is 11.9 Å². The number of nitrogens with zero attached hydrogens (tertiary/aromatic N) is 1. The van der Waals surface area contributed by atoms with Crippen LogP contribution in [0.2, 0.25) is 0 Å². The quantitative estimate of drug-likeness (QED) is 0.820. The standard InChI is InChI=1S/C14H23FN2/c1-11(2)17(4)10-9-16-12(3)13-7-5-6-8-14(13)15/h5-8,11-12,16H,9-10H2,1-4H3. The number of hydrogen-bond acceptors (Lipinski definition) is 2. The first-order valence-corrected chi connectivity index (χ1v) is 6.20. The molecule has 0 aliphatic heterocycles. The summed E-state index contributed by atoms with van der Waals surface area (Å²) in [6.45, 7) is 8.16. The van der Waals surface area contributed by atoms with Gasteiger partial charge in [0.15, 0.2) is 0 Å². The van der Waals surface area contributed by atoms with E-state index in [1.807, 2.05) is 19.1 Å². The Balaban J connectivity index is 2.40. The number of rotatable bonds is 6. The molecule has 0 saturated carbocycles. The van der Waals surface area contributed by atoms with Crippen molar-refractivity contribution in [3.8, 4) is 0 Å². The Labute approximate surface area is 104 Å². The Hall–Kier alpha value is -0.930. The Morgan fingerprint density at radius 1 is 1.24 bits per heavy atom. The Bertz CT molecular complexity index is 339. The van der Waals surface area contributed by atoms with Gasteiger partial charge in [-0.1, -0.05) is 18.2 Å². The lowest BCUT2D eigenvalue weighted by atomic mass is 10.1. The van der Waals surface area contributed by atoms with Crippen LogP contribution in [0.1, 0.15) is 32.4 Å². The van der Waals surface area contributed by atoms with Gasteiger partial charge >= 0.3 is 0 Å². The van der Waals surface area contributed by atoms with Gasteiger partial charge in [0, 0.05) is 30.7 Å². The Morgan fingerprint density at radius 3 is 2.47 bits per heavy atom. The summed E-state index contributed by atoms with van der Waals surface area (Å²) in [5, 5.41) is 3.34. The molecule has 0 fully saturated rings. The van der Waals surface area contributed by atoms with Crippen molar-refractivity contribution in [2.45, 2.75) is 32.9 Å². The molecule has 0 radical (unpaired) electrons. The maximum Gasteiger partial charge on any atom is 0.127 e. The van der Waals surface area contributed by atoms with E-state index in [1.165, 1.54) is 6.07 Å². The highest BCUT2D eigenvalue weighted by Gasteiger charge is 2.09. The molecule has 0 aromatic heterocycles. The number of benzene rings is 1. The predicted octanol–water partition coefficient (Wildman–Crippen LogP) is 2.82. The number of likely N-dealkylation sites (N-methyl/N-ethyl adjacent to an activating group) is 1. The van der Waals surface area contributed by atoms with Crippen molar-refractivity contribution < 1.29 is 4.39 Å². The molecule has 0 saturated heterocycles. The fourth-order valence-electron chi connectivity index (χ4n) is 1.65. The molecule has 1 N–H and O–H groups in total. The second-order valence-electron chi connectivity index (χ2n) is 4.77. The fraction of sp³-hybridized carbons (Fsp3) is 0.571. The summed E-state index contributed by atoms with van der Waals surface area (Å²) in [4.78, 5) is 2.26. The zero-order valence-electron chi connectivity index (χ0n) is 11.2. The van der Waals surface area contributed by atoms with Gasteiger partial charge in [0.1, 0.15) is 5.82 Å². The molecule has 0 bridgehead atoms. The average molecular weight is 238 g/mol. The van der Waals surface area contributed by atoms with Crippen LogP contribution in [0.4, 0.5) is 4.39 Å². The molecule has 3 heteroatoms. The molecule has 0 heterocycles. The smallest absolute Gasteiger partial charge is 0.127 e. The van der Waals surface area contributed by atoms with Crippen LogP contribution in [0.5, 0.6) is 0 Å². The molecule has 1 atom stereocenters. The molecule has 1 aromatic rings. The molecule has 0 amide bonds. The molecule has 0 aliphatic rings. The van der Waals surface area contributed by atoms with Crippen LogP contribution in [-0.4, -0.2) is 31.1 Å². The molecule has 1 rings (SSSR count). The van der Waals surface area contributed by atoms with Gasteiger partial charge in [-0.3, -0.25) is 0 Å². The maximum absolute atomic E-state index is 13.5. The minimum atomic E-state index is -0.135. The minimum absolute atomic E-state index is 0.0526. The van der Waals surface area contributed by atoms with E-state index >= 15 is 0 Å².